The normalized spacial score (nSPS) is 22.2. The first-order valence-electron chi connectivity index (χ1n) is 6.17. The van der Waals surface area contributed by atoms with Gasteiger partial charge in [-0.2, -0.15) is 0 Å². The molecule has 0 bridgehead atoms. The molecule has 1 aliphatic carbocycles. The zero-order valence-electron chi connectivity index (χ0n) is 9.52. The molecular formula is C12H18N4. The van der Waals surface area contributed by atoms with E-state index in [1.165, 1.54) is 18.5 Å². The van der Waals surface area contributed by atoms with Crippen molar-refractivity contribution in [3.63, 3.8) is 0 Å². The Morgan fingerprint density at radius 2 is 2.12 bits per heavy atom. The van der Waals surface area contributed by atoms with Gasteiger partial charge in [0.15, 0.2) is 0 Å². The summed E-state index contributed by atoms with van der Waals surface area (Å²) >= 11 is 0. The molecule has 0 amide bonds. The highest BCUT2D eigenvalue weighted by atomic mass is 15.2. The van der Waals surface area contributed by atoms with Gasteiger partial charge in [-0.25, -0.2) is 9.97 Å². The Morgan fingerprint density at radius 1 is 1.31 bits per heavy atom. The number of rotatable bonds is 3. The quantitative estimate of drug-likeness (QED) is 0.813. The maximum atomic E-state index is 4.66. The molecule has 1 aliphatic heterocycles. The van der Waals surface area contributed by atoms with Gasteiger partial charge in [-0.15, -0.1) is 0 Å². The van der Waals surface area contributed by atoms with Gasteiger partial charge in [0.05, 0.1) is 6.54 Å². The Labute approximate surface area is 96.1 Å². The molecule has 0 radical (unpaired) electrons. The first kappa shape index (κ1) is 10.2. The molecule has 16 heavy (non-hydrogen) atoms. The van der Waals surface area contributed by atoms with Gasteiger partial charge in [0, 0.05) is 44.0 Å². The molecule has 0 spiro atoms. The molecule has 0 atom stereocenters. The van der Waals surface area contributed by atoms with Crippen LogP contribution in [-0.4, -0.2) is 41.0 Å². The summed E-state index contributed by atoms with van der Waals surface area (Å²) < 4.78 is 0. The monoisotopic (exact) mass is 218 g/mol. The van der Waals surface area contributed by atoms with Crippen LogP contribution in [0.2, 0.25) is 0 Å². The van der Waals surface area contributed by atoms with Crippen LogP contribution in [0.25, 0.3) is 0 Å². The van der Waals surface area contributed by atoms with Crippen LogP contribution in [0.4, 0.5) is 0 Å². The van der Waals surface area contributed by atoms with E-state index in [1.54, 1.807) is 0 Å². The molecule has 1 aromatic heterocycles. The highest BCUT2D eigenvalue weighted by Gasteiger charge is 2.25. The molecule has 3 rings (SSSR count). The third kappa shape index (κ3) is 2.39. The van der Waals surface area contributed by atoms with E-state index in [4.69, 9.17) is 0 Å². The van der Waals surface area contributed by atoms with Crippen LogP contribution >= 0.6 is 0 Å². The SMILES string of the molecule is c1cc(C2CC2)nc(CN2CCNCC2)n1. The van der Waals surface area contributed by atoms with E-state index in [0.717, 1.165) is 44.5 Å². The predicted molar refractivity (Wildman–Crippen MR) is 62.2 cm³/mol. The largest absolute Gasteiger partial charge is 0.314 e. The average Bonchev–Trinajstić information content (AvgIpc) is 3.15. The standard InChI is InChI=1S/C12H18N4/c1-2-10(1)11-3-4-14-12(15-11)9-16-7-5-13-6-8-16/h3-4,10,13H,1-2,5-9H2. The molecule has 4 heteroatoms. The summed E-state index contributed by atoms with van der Waals surface area (Å²) in [6, 6.07) is 2.07. The number of nitrogens with one attached hydrogen (secondary N) is 1. The first-order valence-corrected chi connectivity index (χ1v) is 6.17. The van der Waals surface area contributed by atoms with Crippen molar-refractivity contribution in [2.24, 2.45) is 0 Å². The average molecular weight is 218 g/mol. The summed E-state index contributed by atoms with van der Waals surface area (Å²) in [5, 5.41) is 3.36. The Bertz CT molecular complexity index is 356. The van der Waals surface area contributed by atoms with E-state index in [0.29, 0.717) is 0 Å². The second kappa shape index (κ2) is 4.47. The van der Waals surface area contributed by atoms with Gasteiger partial charge in [-0.1, -0.05) is 0 Å². The lowest BCUT2D eigenvalue weighted by Crippen LogP contribution is -2.43. The Balaban J connectivity index is 1.66. The predicted octanol–water partition coefficient (Wildman–Crippen LogP) is 0.759. The Kier molecular flexibility index (Phi) is 2.84. The van der Waals surface area contributed by atoms with Crippen molar-refractivity contribution in [3.05, 3.63) is 23.8 Å². The van der Waals surface area contributed by atoms with E-state index >= 15 is 0 Å². The minimum atomic E-state index is 0.727. The zero-order valence-corrected chi connectivity index (χ0v) is 9.52. The summed E-state index contributed by atoms with van der Waals surface area (Å²) in [5.74, 6) is 1.72. The molecule has 1 saturated heterocycles. The smallest absolute Gasteiger partial charge is 0.142 e. The van der Waals surface area contributed by atoms with Crippen molar-refractivity contribution < 1.29 is 0 Å². The lowest BCUT2D eigenvalue weighted by atomic mass is 10.3. The fourth-order valence-electron chi connectivity index (χ4n) is 2.17. The highest BCUT2D eigenvalue weighted by Crippen LogP contribution is 2.38. The van der Waals surface area contributed by atoms with Gasteiger partial charge < -0.3 is 5.32 Å². The van der Waals surface area contributed by atoms with Crippen molar-refractivity contribution >= 4 is 0 Å². The van der Waals surface area contributed by atoms with E-state index in [9.17, 15) is 0 Å². The molecule has 2 heterocycles. The zero-order chi connectivity index (χ0) is 10.8. The molecule has 86 valence electrons. The molecule has 4 nitrogen and oxygen atoms in total. The minimum absolute atomic E-state index is 0.727. The van der Waals surface area contributed by atoms with Gasteiger partial charge in [0.2, 0.25) is 0 Å². The van der Waals surface area contributed by atoms with Gasteiger partial charge in [-0.3, -0.25) is 4.90 Å². The van der Waals surface area contributed by atoms with Gasteiger partial charge in [0.1, 0.15) is 5.82 Å². The first-order chi connectivity index (χ1) is 7.92. The number of aromatic nitrogens is 2. The summed E-state index contributed by atoms with van der Waals surface area (Å²) in [5.41, 5.74) is 1.25. The van der Waals surface area contributed by atoms with Crippen molar-refractivity contribution in [1.29, 1.82) is 0 Å². The molecule has 1 saturated carbocycles. The van der Waals surface area contributed by atoms with E-state index in [1.807, 2.05) is 6.20 Å². The van der Waals surface area contributed by atoms with Crippen LogP contribution in [0.1, 0.15) is 30.3 Å². The van der Waals surface area contributed by atoms with Crippen molar-refractivity contribution in [1.82, 2.24) is 20.2 Å². The van der Waals surface area contributed by atoms with Gasteiger partial charge in [0.25, 0.3) is 0 Å². The highest BCUT2D eigenvalue weighted by molar-refractivity contribution is 5.13. The molecule has 2 aliphatic rings. The second-order valence-electron chi connectivity index (χ2n) is 4.70. The number of hydrogen-bond acceptors (Lipinski definition) is 4. The summed E-state index contributed by atoms with van der Waals surface area (Å²) in [7, 11) is 0. The van der Waals surface area contributed by atoms with Crippen molar-refractivity contribution in [2.75, 3.05) is 26.2 Å². The number of piperazine rings is 1. The minimum Gasteiger partial charge on any atom is -0.314 e. The maximum absolute atomic E-state index is 4.66. The topological polar surface area (TPSA) is 41.1 Å². The van der Waals surface area contributed by atoms with Crippen LogP contribution in [0.5, 0.6) is 0 Å². The fraction of sp³-hybridized carbons (Fsp3) is 0.667. The van der Waals surface area contributed by atoms with E-state index in [-0.39, 0.29) is 0 Å². The maximum Gasteiger partial charge on any atom is 0.142 e. The molecule has 1 aromatic rings. The third-order valence-corrected chi connectivity index (χ3v) is 3.30. The lowest BCUT2D eigenvalue weighted by molar-refractivity contribution is 0.227. The fourth-order valence-corrected chi connectivity index (χ4v) is 2.17. The molecular weight excluding hydrogens is 200 g/mol. The third-order valence-electron chi connectivity index (χ3n) is 3.30. The van der Waals surface area contributed by atoms with E-state index < -0.39 is 0 Å². The Morgan fingerprint density at radius 3 is 2.88 bits per heavy atom. The Hall–Kier alpha value is -1.00. The summed E-state index contributed by atoms with van der Waals surface area (Å²) in [6.07, 6.45) is 4.53. The van der Waals surface area contributed by atoms with Gasteiger partial charge in [-0.05, 0) is 18.9 Å². The second-order valence-corrected chi connectivity index (χ2v) is 4.70. The van der Waals surface area contributed by atoms with Gasteiger partial charge >= 0.3 is 0 Å². The van der Waals surface area contributed by atoms with Crippen LogP contribution < -0.4 is 5.32 Å². The number of hydrogen-bond donors (Lipinski definition) is 1. The van der Waals surface area contributed by atoms with Crippen LogP contribution in [0.3, 0.4) is 0 Å². The molecule has 0 aromatic carbocycles. The molecule has 1 N–H and O–H groups in total. The number of nitrogens with zero attached hydrogens (tertiary/aromatic N) is 3. The van der Waals surface area contributed by atoms with Crippen LogP contribution in [0.15, 0.2) is 12.3 Å². The summed E-state index contributed by atoms with van der Waals surface area (Å²) in [6.45, 7) is 5.29. The lowest BCUT2D eigenvalue weighted by Gasteiger charge is -2.26. The van der Waals surface area contributed by atoms with Crippen molar-refractivity contribution in [2.45, 2.75) is 25.3 Å². The van der Waals surface area contributed by atoms with Crippen molar-refractivity contribution in [3.8, 4) is 0 Å². The van der Waals surface area contributed by atoms with Crippen LogP contribution in [0, 0.1) is 0 Å². The van der Waals surface area contributed by atoms with Crippen LogP contribution in [-0.2, 0) is 6.54 Å². The molecule has 0 unspecified atom stereocenters. The summed E-state index contributed by atoms with van der Waals surface area (Å²) in [4.78, 5) is 11.4. The molecule has 2 fully saturated rings. The van der Waals surface area contributed by atoms with E-state index in [2.05, 4.69) is 26.3 Å².